The number of aromatic nitrogens is 2. The Morgan fingerprint density at radius 1 is 1.30 bits per heavy atom. The van der Waals surface area contributed by atoms with Crippen LogP contribution >= 0.6 is 0 Å². The Kier molecular flexibility index (Phi) is 4.49. The van der Waals surface area contributed by atoms with Gasteiger partial charge in [-0.15, -0.1) is 0 Å². The summed E-state index contributed by atoms with van der Waals surface area (Å²) in [5.41, 5.74) is 1.08. The summed E-state index contributed by atoms with van der Waals surface area (Å²) in [5, 5.41) is 3.70. The summed E-state index contributed by atoms with van der Waals surface area (Å²) in [5.74, 6) is 1.20. The molecule has 0 bridgehead atoms. The minimum Gasteiger partial charge on any atom is -0.454 e. The number of amides is 1. The van der Waals surface area contributed by atoms with Crippen molar-refractivity contribution in [2.45, 2.75) is 32.7 Å². The van der Waals surface area contributed by atoms with Gasteiger partial charge in [-0.05, 0) is 48.4 Å². The van der Waals surface area contributed by atoms with Crippen LogP contribution in [-0.4, -0.2) is 40.5 Å². The number of carbonyl (C=O) groups excluding carboxylic acids is 1. The Morgan fingerprint density at radius 2 is 2.11 bits per heavy atom. The third-order valence-corrected chi connectivity index (χ3v) is 5.16. The molecule has 1 aromatic heterocycles. The number of halogens is 2. The van der Waals surface area contributed by atoms with Gasteiger partial charge in [-0.25, -0.2) is 4.68 Å². The molecule has 1 saturated heterocycles. The van der Waals surface area contributed by atoms with E-state index in [0.29, 0.717) is 17.8 Å². The molecule has 1 fully saturated rings. The van der Waals surface area contributed by atoms with Crippen molar-refractivity contribution in [3.63, 3.8) is 0 Å². The van der Waals surface area contributed by atoms with Crippen molar-refractivity contribution < 1.29 is 23.0 Å². The van der Waals surface area contributed by atoms with Crippen LogP contribution in [0, 0.1) is 5.41 Å². The number of nitrogens with zero attached hydrogens (tertiary/aromatic N) is 3. The largest absolute Gasteiger partial charge is 0.454 e. The predicted octanol–water partition coefficient (Wildman–Crippen LogP) is 3.49. The van der Waals surface area contributed by atoms with Gasteiger partial charge in [-0.2, -0.15) is 13.9 Å². The van der Waals surface area contributed by atoms with Gasteiger partial charge in [0, 0.05) is 19.3 Å². The van der Waals surface area contributed by atoms with Gasteiger partial charge in [0.2, 0.25) is 6.79 Å². The first-order chi connectivity index (χ1) is 12.9. The number of piperidine rings is 1. The van der Waals surface area contributed by atoms with Gasteiger partial charge in [0.25, 0.3) is 5.91 Å². The number of alkyl halides is 2. The minimum atomic E-state index is -2.75. The fourth-order valence-electron chi connectivity index (χ4n) is 3.90. The second-order valence-electron chi connectivity index (χ2n) is 7.46. The highest BCUT2D eigenvalue weighted by atomic mass is 19.3. The highest BCUT2D eigenvalue weighted by molar-refractivity contribution is 5.92. The van der Waals surface area contributed by atoms with E-state index in [9.17, 15) is 13.6 Å². The molecule has 0 spiro atoms. The number of ether oxygens (including phenoxy) is 2. The lowest BCUT2D eigenvalue weighted by Crippen LogP contribution is -2.46. The number of benzene rings is 1. The smallest absolute Gasteiger partial charge is 0.333 e. The maximum Gasteiger partial charge on any atom is 0.333 e. The molecule has 1 amide bonds. The van der Waals surface area contributed by atoms with Crippen LogP contribution in [0.1, 0.15) is 42.4 Å². The van der Waals surface area contributed by atoms with E-state index in [1.54, 1.807) is 4.90 Å². The normalized spacial score (nSPS) is 21.7. The lowest BCUT2D eigenvalue weighted by molar-refractivity contribution is 0.0500. The van der Waals surface area contributed by atoms with Crippen LogP contribution in [0.3, 0.4) is 0 Å². The maximum absolute atomic E-state index is 12.7. The molecule has 0 radical (unpaired) electrons. The summed E-state index contributed by atoms with van der Waals surface area (Å²) < 4.78 is 36.7. The van der Waals surface area contributed by atoms with E-state index in [0.717, 1.165) is 42.5 Å². The summed E-state index contributed by atoms with van der Waals surface area (Å²) in [6.45, 7) is 0.807. The monoisotopic (exact) mass is 377 g/mol. The fraction of sp³-hybridized carbons (Fsp3) is 0.474. The minimum absolute atomic E-state index is 0.0580. The van der Waals surface area contributed by atoms with Gasteiger partial charge in [-0.3, -0.25) is 4.79 Å². The number of carbonyl (C=O) groups is 1. The molecule has 1 atom stereocenters. The highest BCUT2D eigenvalue weighted by Crippen LogP contribution is 2.37. The third-order valence-electron chi connectivity index (χ3n) is 5.16. The number of hydrogen-bond acceptors (Lipinski definition) is 4. The van der Waals surface area contributed by atoms with E-state index in [1.807, 2.05) is 18.2 Å². The summed E-state index contributed by atoms with van der Waals surface area (Å²) in [6.07, 6.45) is 3.77. The average Bonchev–Trinajstić information content (AvgIpc) is 3.30. The molecule has 0 saturated carbocycles. The Bertz CT molecular complexity index is 854. The average molecular weight is 377 g/mol. The zero-order valence-corrected chi connectivity index (χ0v) is 15.0. The lowest BCUT2D eigenvalue weighted by atomic mass is 9.77. The van der Waals surface area contributed by atoms with E-state index in [1.165, 1.54) is 6.07 Å². The molecule has 2 aromatic rings. The van der Waals surface area contributed by atoms with Crippen molar-refractivity contribution in [3.05, 3.63) is 41.7 Å². The molecule has 2 aliphatic rings. The van der Waals surface area contributed by atoms with Crippen LogP contribution in [0.4, 0.5) is 8.78 Å². The molecule has 0 unspecified atom stereocenters. The molecule has 8 heteroatoms. The fourth-order valence-corrected chi connectivity index (χ4v) is 3.90. The zero-order chi connectivity index (χ0) is 19.0. The topological polar surface area (TPSA) is 56.6 Å². The summed E-state index contributed by atoms with van der Waals surface area (Å²) in [6, 6.07) is 7.25. The van der Waals surface area contributed by atoms with Gasteiger partial charge in [0.15, 0.2) is 17.2 Å². The zero-order valence-electron chi connectivity index (χ0n) is 15.0. The number of fused-ring (bicyclic) bond motifs is 1. The van der Waals surface area contributed by atoms with E-state index >= 15 is 0 Å². The van der Waals surface area contributed by atoms with Crippen molar-refractivity contribution in [3.8, 4) is 11.5 Å². The van der Waals surface area contributed by atoms with Gasteiger partial charge in [0.05, 0.1) is 0 Å². The van der Waals surface area contributed by atoms with Crippen molar-refractivity contribution in [2.24, 2.45) is 5.41 Å². The van der Waals surface area contributed by atoms with E-state index < -0.39 is 6.55 Å². The predicted molar refractivity (Wildman–Crippen MR) is 93.0 cm³/mol. The van der Waals surface area contributed by atoms with Crippen molar-refractivity contribution in [1.29, 1.82) is 0 Å². The number of rotatable bonds is 4. The Morgan fingerprint density at radius 3 is 2.89 bits per heavy atom. The molecule has 0 N–H and O–H groups in total. The molecule has 27 heavy (non-hydrogen) atoms. The molecule has 0 aliphatic carbocycles. The lowest BCUT2D eigenvalue weighted by Gasteiger charge is -2.40. The number of likely N-dealkylation sites (tertiary alicyclic amines) is 1. The molecule has 3 heterocycles. The molecule has 4 rings (SSSR count). The SMILES string of the molecule is C[C@]1(Cc2ccc3c(c2)OCO3)CCCN(C(=O)c2ccn(C(F)F)n2)C1. The molecule has 1 aromatic carbocycles. The summed E-state index contributed by atoms with van der Waals surface area (Å²) in [4.78, 5) is 14.4. The first kappa shape index (κ1) is 17.8. The van der Waals surface area contributed by atoms with Crippen molar-refractivity contribution >= 4 is 5.91 Å². The Labute approximate surface area is 155 Å². The van der Waals surface area contributed by atoms with Crippen LogP contribution in [-0.2, 0) is 6.42 Å². The molecule has 6 nitrogen and oxygen atoms in total. The van der Waals surface area contributed by atoms with Gasteiger partial charge in [0.1, 0.15) is 0 Å². The molecular weight excluding hydrogens is 356 g/mol. The van der Waals surface area contributed by atoms with E-state index in [-0.39, 0.29) is 23.8 Å². The Hall–Kier alpha value is -2.64. The molecule has 2 aliphatic heterocycles. The van der Waals surface area contributed by atoms with Gasteiger partial charge >= 0.3 is 6.55 Å². The summed E-state index contributed by atoms with van der Waals surface area (Å²) >= 11 is 0. The van der Waals surface area contributed by atoms with Crippen LogP contribution in [0.15, 0.2) is 30.5 Å². The van der Waals surface area contributed by atoms with Crippen LogP contribution in [0.25, 0.3) is 0 Å². The number of hydrogen-bond donors (Lipinski definition) is 0. The molecule has 144 valence electrons. The molecular formula is C19H21F2N3O3. The highest BCUT2D eigenvalue weighted by Gasteiger charge is 2.34. The third kappa shape index (κ3) is 3.61. The first-order valence-corrected chi connectivity index (χ1v) is 8.95. The Balaban J connectivity index is 1.47. The van der Waals surface area contributed by atoms with Crippen LogP contribution < -0.4 is 9.47 Å². The van der Waals surface area contributed by atoms with Crippen LogP contribution in [0.2, 0.25) is 0 Å². The second-order valence-corrected chi connectivity index (χ2v) is 7.46. The van der Waals surface area contributed by atoms with E-state index in [4.69, 9.17) is 9.47 Å². The second kappa shape index (κ2) is 6.83. The van der Waals surface area contributed by atoms with Crippen molar-refractivity contribution in [2.75, 3.05) is 19.9 Å². The maximum atomic E-state index is 12.7. The quantitative estimate of drug-likeness (QED) is 0.819. The standard InChI is InChI=1S/C19H21F2N3O3/c1-19(10-13-3-4-15-16(9-13)27-12-26-15)6-2-7-23(11-19)17(25)14-5-8-24(22-14)18(20)21/h3-5,8-9,18H,2,6-7,10-12H2,1H3/t19-/m1/s1. The van der Waals surface area contributed by atoms with E-state index in [2.05, 4.69) is 12.0 Å². The van der Waals surface area contributed by atoms with Crippen LogP contribution in [0.5, 0.6) is 11.5 Å². The van der Waals surface area contributed by atoms with Crippen molar-refractivity contribution in [1.82, 2.24) is 14.7 Å². The first-order valence-electron chi connectivity index (χ1n) is 8.95. The van der Waals surface area contributed by atoms with Gasteiger partial charge < -0.3 is 14.4 Å². The summed E-state index contributed by atoms with van der Waals surface area (Å²) in [7, 11) is 0. The van der Waals surface area contributed by atoms with Gasteiger partial charge in [-0.1, -0.05) is 13.0 Å².